The number of hydrogen-bond donors (Lipinski definition) is 2. The van der Waals surface area contributed by atoms with E-state index in [0.29, 0.717) is 6.54 Å². The van der Waals surface area contributed by atoms with Gasteiger partial charge in [0.15, 0.2) is 5.69 Å². The Balaban J connectivity index is 1.88. The standard InChI is InChI=1S/C12H10N4O2/c17-12(18)10-5-6-16(15-10)7-11-13-8-3-1-2-4-9(8)14-11/h1-6H,7H2,(H,13,14)(H,17,18). The molecular weight excluding hydrogens is 232 g/mol. The number of carboxylic acids is 1. The molecular formula is C12H10N4O2. The van der Waals surface area contributed by atoms with Gasteiger partial charge >= 0.3 is 5.97 Å². The number of rotatable bonds is 3. The third kappa shape index (κ3) is 1.84. The second kappa shape index (κ2) is 3.99. The smallest absolute Gasteiger partial charge is 0.356 e. The summed E-state index contributed by atoms with van der Waals surface area (Å²) < 4.78 is 1.54. The minimum absolute atomic E-state index is 0.0334. The molecule has 0 atom stereocenters. The fourth-order valence-corrected chi connectivity index (χ4v) is 1.80. The maximum Gasteiger partial charge on any atom is 0.356 e. The second-order valence-electron chi connectivity index (χ2n) is 3.90. The van der Waals surface area contributed by atoms with Crippen LogP contribution in [0.1, 0.15) is 16.3 Å². The highest BCUT2D eigenvalue weighted by Crippen LogP contribution is 2.11. The van der Waals surface area contributed by atoms with Crippen LogP contribution in [0.2, 0.25) is 0 Å². The van der Waals surface area contributed by atoms with E-state index in [0.717, 1.165) is 16.9 Å². The van der Waals surface area contributed by atoms with Gasteiger partial charge in [0.1, 0.15) is 5.82 Å². The number of carboxylic acid groups (broad SMARTS) is 1. The number of fused-ring (bicyclic) bond motifs is 1. The summed E-state index contributed by atoms with van der Waals surface area (Å²) in [6, 6.07) is 9.17. The minimum Gasteiger partial charge on any atom is -0.476 e. The lowest BCUT2D eigenvalue weighted by Gasteiger charge is -1.96. The molecule has 0 bridgehead atoms. The van der Waals surface area contributed by atoms with E-state index in [4.69, 9.17) is 5.11 Å². The molecule has 90 valence electrons. The summed E-state index contributed by atoms with van der Waals surface area (Å²) in [5.41, 5.74) is 1.88. The van der Waals surface area contributed by atoms with Crippen molar-refractivity contribution in [3.8, 4) is 0 Å². The second-order valence-corrected chi connectivity index (χ2v) is 3.90. The average Bonchev–Trinajstić information content (AvgIpc) is 2.94. The predicted octanol–water partition coefficient (Wildman–Crippen LogP) is 1.51. The summed E-state index contributed by atoms with van der Waals surface area (Å²) in [5.74, 6) is -0.283. The number of nitrogens with one attached hydrogen (secondary N) is 1. The molecule has 18 heavy (non-hydrogen) atoms. The van der Waals surface area contributed by atoms with Gasteiger partial charge in [-0.3, -0.25) is 4.68 Å². The number of aromatic carboxylic acids is 1. The molecule has 3 rings (SSSR count). The molecule has 2 aromatic heterocycles. The SMILES string of the molecule is O=C(O)c1ccn(Cc2nc3ccccc3[nH]2)n1. The normalized spacial score (nSPS) is 10.9. The van der Waals surface area contributed by atoms with Crippen LogP contribution < -0.4 is 0 Å². The summed E-state index contributed by atoms with van der Waals surface area (Å²) in [4.78, 5) is 18.3. The number of carbonyl (C=O) groups is 1. The van der Waals surface area contributed by atoms with Crippen LogP contribution in [0, 0.1) is 0 Å². The van der Waals surface area contributed by atoms with E-state index < -0.39 is 5.97 Å². The molecule has 0 aliphatic carbocycles. The zero-order chi connectivity index (χ0) is 12.5. The van der Waals surface area contributed by atoms with Crippen LogP contribution in [0.4, 0.5) is 0 Å². The van der Waals surface area contributed by atoms with Crippen molar-refractivity contribution < 1.29 is 9.90 Å². The third-order valence-corrected chi connectivity index (χ3v) is 2.61. The molecule has 0 aliphatic heterocycles. The number of H-pyrrole nitrogens is 1. The van der Waals surface area contributed by atoms with Crippen LogP contribution in [0.3, 0.4) is 0 Å². The number of aromatic nitrogens is 4. The number of hydrogen-bond acceptors (Lipinski definition) is 3. The van der Waals surface area contributed by atoms with Crippen LogP contribution in [0.5, 0.6) is 0 Å². The van der Waals surface area contributed by atoms with Gasteiger partial charge in [0.2, 0.25) is 0 Å². The molecule has 0 amide bonds. The molecule has 1 aromatic carbocycles. The topological polar surface area (TPSA) is 83.8 Å². The molecule has 0 saturated heterocycles. The Hall–Kier alpha value is -2.63. The lowest BCUT2D eigenvalue weighted by molar-refractivity contribution is 0.0689. The van der Waals surface area contributed by atoms with E-state index in [1.165, 1.54) is 6.07 Å². The summed E-state index contributed by atoms with van der Waals surface area (Å²) >= 11 is 0. The van der Waals surface area contributed by atoms with Crippen LogP contribution in [0.15, 0.2) is 36.5 Å². The Bertz CT molecular complexity index is 681. The molecule has 0 unspecified atom stereocenters. The maximum atomic E-state index is 10.7. The van der Waals surface area contributed by atoms with Crippen molar-refractivity contribution in [2.24, 2.45) is 0 Å². The number of aromatic amines is 1. The van der Waals surface area contributed by atoms with Crippen LogP contribution in [-0.2, 0) is 6.54 Å². The molecule has 0 spiro atoms. The van der Waals surface area contributed by atoms with Gasteiger partial charge in [-0.15, -0.1) is 0 Å². The summed E-state index contributed by atoms with van der Waals surface area (Å²) in [5, 5.41) is 12.7. The largest absolute Gasteiger partial charge is 0.476 e. The lowest BCUT2D eigenvalue weighted by Crippen LogP contribution is -2.04. The third-order valence-electron chi connectivity index (χ3n) is 2.61. The summed E-state index contributed by atoms with van der Waals surface area (Å²) in [7, 11) is 0. The zero-order valence-corrected chi connectivity index (χ0v) is 9.37. The van der Waals surface area contributed by atoms with Gasteiger partial charge < -0.3 is 10.1 Å². The van der Waals surface area contributed by atoms with E-state index in [1.54, 1.807) is 10.9 Å². The molecule has 2 N–H and O–H groups in total. The average molecular weight is 242 g/mol. The Morgan fingerprint density at radius 1 is 1.33 bits per heavy atom. The first-order valence-corrected chi connectivity index (χ1v) is 5.43. The maximum absolute atomic E-state index is 10.7. The summed E-state index contributed by atoms with van der Waals surface area (Å²) in [6.45, 7) is 0.419. The molecule has 3 aromatic rings. The number of imidazole rings is 1. The van der Waals surface area contributed by atoms with E-state index in [9.17, 15) is 4.79 Å². The van der Waals surface area contributed by atoms with E-state index >= 15 is 0 Å². The molecule has 0 radical (unpaired) electrons. The quantitative estimate of drug-likeness (QED) is 0.729. The first-order chi connectivity index (χ1) is 8.72. The Morgan fingerprint density at radius 3 is 2.89 bits per heavy atom. The fraction of sp³-hybridized carbons (Fsp3) is 0.0833. The fourth-order valence-electron chi connectivity index (χ4n) is 1.80. The first-order valence-electron chi connectivity index (χ1n) is 5.43. The van der Waals surface area contributed by atoms with Crippen molar-refractivity contribution in [1.82, 2.24) is 19.7 Å². The van der Waals surface area contributed by atoms with Crippen molar-refractivity contribution in [3.05, 3.63) is 48.0 Å². The number of benzene rings is 1. The first kappa shape index (κ1) is 10.5. The van der Waals surface area contributed by atoms with E-state index in [1.807, 2.05) is 24.3 Å². The van der Waals surface area contributed by atoms with Crippen LogP contribution in [-0.4, -0.2) is 30.8 Å². The van der Waals surface area contributed by atoms with Crippen molar-refractivity contribution in [3.63, 3.8) is 0 Å². The Kier molecular flexibility index (Phi) is 2.33. The van der Waals surface area contributed by atoms with Crippen molar-refractivity contribution >= 4 is 17.0 Å². The van der Waals surface area contributed by atoms with E-state index in [-0.39, 0.29) is 5.69 Å². The number of nitrogens with zero attached hydrogens (tertiary/aromatic N) is 3. The molecule has 0 fully saturated rings. The molecule has 6 nitrogen and oxygen atoms in total. The van der Waals surface area contributed by atoms with Gasteiger partial charge in [-0.1, -0.05) is 12.1 Å². The Morgan fingerprint density at radius 2 is 2.17 bits per heavy atom. The molecule has 0 aliphatic rings. The van der Waals surface area contributed by atoms with Gasteiger partial charge in [-0.25, -0.2) is 9.78 Å². The molecule has 2 heterocycles. The van der Waals surface area contributed by atoms with Crippen LogP contribution >= 0.6 is 0 Å². The van der Waals surface area contributed by atoms with Gasteiger partial charge in [0.25, 0.3) is 0 Å². The van der Waals surface area contributed by atoms with Crippen LogP contribution in [0.25, 0.3) is 11.0 Å². The molecule has 0 saturated carbocycles. The van der Waals surface area contributed by atoms with Crippen molar-refractivity contribution in [1.29, 1.82) is 0 Å². The lowest BCUT2D eigenvalue weighted by atomic mass is 10.3. The highest BCUT2D eigenvalue weighted by Gasteiger charge is 2.08. The van der Waals surface area contributed by atoms with Gasteiger partial charge in [-0.05, 0) is 18.2 Å². The summed E-state index contributed by atoms with van der Waals surface area (Å²) in [6.07, 6.45) is 1.62. The molecule has 6 heteroatoms. The van der Waals surface area contributed by atoms with Gasteiger partial charge in [0.05, 0.1) is 17.6 Å². The monoisotopic (exact) mass is 242 g/mol. The highest BCUT2D eigenvalue weighted by atomic mass is 16.4. The highest BCUT2D eigenvalue weighted by molar-refractivity contribution is 5.85. The van der Waals surface area contributed by atoms with Gasteiger partial charge in [-0.2, -0.15) is 5.10 Å². The van der Waals surface area contributed by atoms with Gasteiger partial charge in [0, 0.05) is 6.20 Å². The Labute approximate surface area is 102 Å². The van der Waals surface area contributed by atoms with Crippen molar-refractivity contribution in [2.75, 3.05) is 0 Å². The zero-order valence-electron chi connectivity index (χ0n) is 9.37. The predicted molar refractivity (Wildman–Crippen MR) is 64.4 cm³/mol. The minimum atomic E-state index is -1.03. The number of para-hydroxylation sites is 2. The van der Waals surface area contributed by atoms with E-state index in [2.05, 4.69) is 15.1 Å². The van der Waals surface area contributed by atoms with Crippen molar-refractivity contribution in [2.45, 2.75) is 6.54 Å².